The highest BCUT2D eigenvalue weighted by molar-refractivity contribution is 6.09. The molecule has 0 aliphatic rings. The first kappa shape index (κ1) is 27.0. The molecule has 6 aromatic carbocycles. The fourth-order valence-corrected chi connectivity index (χ4v) is 6.73. The third-order valence-electron chi connectivity index (χ3n) is 8.93. The van der Waals surface area contributed by atoms with E-state index in [1.807, 2.05) is 36.5 Å². The van der Waals surface area contributed by atoms with Gasteiger partial charge in [-0.3, -0.25) is 4.98 Å². The molecule has 3 heterocycles. The SMILES string of the molecule is c1ccc(-c2nc(-c3cccnc3)cc(-c3ccc(-c4ccc(-n5c6ccccc6c6ccccc65)cc4)c4ccccc34)n2)cc1. The van der Waals surface area contributed by atoms with Crippen LogP contribution in [0.25, 0.3) is 83.3 Å². The minimum atomic E-state index is 0.691. The highest BCUT2D eigenvalue weighted by atomic mass is 15.0. The van der Waals surface area contributed by atoms with Gasteiger partial charge in [-0.1, -0.05) is 115 Å². The van der Waals surface area contributed by atoms with Gasteiger partial charge in [0.1, 0.15) is 0 Å². The summed E-state index contributed by atoms with van der Waals surface area (Å²) in [5.41, 5.74) is 10.6. The van der Waals surface area contributed by atoms with Gasteiger partial charge in [-0.15, -0.1) is 0 Å². The second-order valence-electron chi connectivity index (χ2n) is 11.7. The number of rotatable bonds is 5. The Bertz CT molecular complexity index is 2440. The summed E-state index contributed by atoms with van der Waals surface area (Å²) in [6.07, 6.45) is 3.64. The van der Waals surface area contributed by atoms with Crippen molar-refractivity contribution in [3.8, 4) is 50.7 Å². The largest absolute Gasteiger partial charge is 0.309 e. The van der Waals surface area contributed by atoms with E-state index in [4.69, 9.17) is 9.97 Å². The van der Waals surface area contributed by atoms with Gasteiger partial charge in [0.2, 0.25) is 0 Å². The Morgan fingerprint density at radius 2 is 0.979 bits per heavy atom. The Labute approximate surface area is 272 Å². The quantitative estimate of drug-likeness (QED) is 0.197. The van der Waals surface area contributed by atoms with Crippen LogP contribution in [-0.2, 0) is 0 Å². The molecule has 0 spiro atoms. The smallest absolute Gasteiger partial charge is 0.160 e. The Balaban J connectivity index is 1.17. The van der Waals surface area contributed by atoms with Crippen LogP contribution < -0.4 is 0 Å². The highest BCUT2D eigenvalue weighted by Gasteiger charge is 2.16. The second-order valence-corrected chi connectivity index (χ2v) is 11.7. The summed E-state index contributed by atoms with van der Waals surface area (Å²) >= 11 is 0. The third-order valence-corrected chi connectivity index (χ3v) is 8.93. The van der Waals surface area contributed by atoms with Gasteiger partial charge in [-0.2, -0.15) is 0 Å². The van der Waals surface area contributed by atoms with Crippen LogP contribution in [0.5, 0.6) is 0 Å². The van der Waals surface area contributed by atoms with Gasteiger partial charge in [0.25, 0.3) is 0 Å². The summed E-state index contributed by atoms with van der Waals surface area (Å²) in [4.78, 5) is 14.4. The predicted molar refractivity (Wildman–Crippen MR) is 193 cm³/mol. The van der Waals surface area contributed by atoms with Gasteiger partial charge in [0.05, 0.1) is 22.4 Å². The summed E-state index contributed by atoms with van der Waals surface area (Å²) in [6, 6.07) is 55.4. The number of nitrogens with zero attached hydrogens (tertiary/aromatic N) is 4. The molecule has 3 aromatic heterocycles. The minimum absolute atomic E-state index is 0.691. The summed E-state index contributed by atoms with van der Waals surface area (Å²) in [6.45, 7) is 0. The van der Waals surface area contributed by atoms with Crippen molar-refractivity contribution in [2.75, 3.05) is 0 Å². The average molecular weight is 601 g/mol. The number of pyridine rings is 1. The molecule has 9 rings (SSSR count). The van der Waals surface area contributed by atoms with E-state index < -0.39 is 0 Å². The van der Waals surface area contributed by atoms with Crippen molar-refractivity contribution in [1.82, 2.24) is 19.5 Å². The molecule has 0 atom stereocenters. The van der Waals surface area contributed by atoms with Gasteiger partial charge in [-0.25, -0.2) is 9.97 Å². The maximum absolute atomic E-state index is 5.11. The molecule has 9 aromatic rings. The fraction of sp³-hybridized carbons (Fsp3) is 0. The Morgan fingerprint density at radius 1 is 0.404 bits per heavy atom. The van der Waals surface area contributed by atoms with Crippen LogP contribution in [0, 0.1) is 0 Å². The predicted octanol–water partition coefficient (Wildman–Crippen LogP) is 10.8. The van der Waals surface area contributed by atoms with E-state index >= 15 is 0 Å². The summed E-state index contributed by atoms with van der Waals surface area (Å²) in [5, 5.41) is 4.85. The first-order valence-corrected chi connectivity index (χ1v) is 15.8. The lowest BCUT2D eigenvalue weighted by atomic mass is 9.93. The van der Waals surface area contributed by atoms with Crippen molar-refractivity contribution in [3.05, 3.63) is 170 Å². The molecule has 0 saturated heterocycles. The number of aromatic nitrogens is 4. The molecule has 0 radical (unpaired) electrons. The summed E-state index contributed by atoms with van der Waals surface area (Å²) in [7, 11) is 0. The van der Waals surface area contributed by atoms with Crippen molar-refractivity contribution < 1.29 is 0 Å². The Hall–Kier alpha value is -6.39. The Morgan fingerprint density at radius 3 is 1.66 bits per heavy atom. The van der Waals surface area contributed by atoms with E-state index in [-0.39, 0.29) is 0 Å². The standard InChI is InChI=1S/C43H28N4/c1-2-11-30(12-3-1)43-45-39(31-13-10-26-44-28-31)27-40(46-43)36-25-24-33(34-14-4-5-15-35(34)36)29-20-22-32(23-21-29)47-41-18-8-6-16-37(41)38-17-7-9-19-42(38)47/h1-28H. The molecule has 47 heavy (non-hydrogen) atoms. The minimum Gasteiger partial charge on any atom is -0.309 e. The van der Waals surface area contributed by atoms with Crippen LogP contribution in [0.3, 0.4) is 0 Å². The normalized spacial score (nSPS) is 11.4. The Kier molecular flexibility index (Phi) is 6.43. The van der Waals surface area contributed by atoms with Crippen molar-refractivity contribution in [2.24, 2.45) is 0 Å². The first-order valence-electron chi connectivity index (χ1n) is 15.8. The zero-order valence-electron chi connectivity index (χ0n) is 25.5. The third kappa shape index (κ3) is 4.66. The number of hydrogen-bond donors (Lipinski definition) is 0. The lowest BCUT2D eigenvalue weighted by molar-refractivity contribution is 1.18. The number of hydrogen-bond acceptors (Lipinski definition) is 3. The van der Waals surface area contributed by atoms with Crippen molar-refractivity contribution >= 4 is 32.6 Å². The van der Waals surface area contributed by atoms with Gasteiger partial charge < -0.3 is 4.57 Å². The van der Waals surface area contributed by atoms with E-state index in [9.17, 15) is 0 Å². The van der Waals surface area contributed by atoms with Crippen molar-refractivity contribution in [1.29, 1.82) is 0 Å². The van der Waals surface area contributed by atoms with Crippen LogP contribution >= 0.6 is 0 Å². The lowest BCUT2D eigenvalue weighted by Gasteiger charge is -2.14. The van der Waals surface area contributed by atoms with E-state index in [0.29, 0.717) is 5.82 Å². The first-order chi connectivity index (χ1) is 23.3. The number of benzene rings is 6. The van der Waals surface area contributed by atoms with Crippen LogP contribution in [0.2, 0.25) is 0 Å². The van der Waals surface area contributed by atoms with E-state index in [1.165, 1.54) is 38.3 Å². The topological polar surface area (TPSA) is 43.6 Å². The molecule has 4 nitrogen and oxygen atoms in total. The highest BCUT2D eigenvalue weighted by Crippen LogP contribution is 2.38. The van der Waals surface area contributed by atoms with Crippen LogP contribution in [-0.4, -0.2) is 19.5 Å². The molecular formula is C43H28N4. The summed E-state index contributed by atoms with van der Waals surface area (Å²) < 4.78 is 2.36. The molecular weight excluding hydrogens is 573 g/mol. The van der Waals surface area contributed by atoms with Gasteiger partial charge in [-0.05, 0) is 64.4 Å². The van der Waals surface area contributed by atoms with Gasteiger partial charge >= 0.3 is 0 Å². The van der Waals surface area contributed by atoms with E-state index in [1.54, 1.807) is 6.20 Å². The van der Waals surface area contributed by atoms with Crippen molar-refractivity contribution in [2.45, 2.75) is 0 Å². The molecule has 0 amide bonds. The molecule has 0 saturated carbocycles. The molecule has 4 heteroatoms. The van der Waals surface area contributed by atoms with E-state index in [2.05, 4.69) is 137 Å². The van der Waals surface area contributed by atoms with E-state index in [0.717, 1.165) is 39.2 Å². The molecule has 0 bridgehead atoms. The lowest BCUT2D eigenvalue weighted by Crippen LogP contribution is -1.97. The summed E-state index contributed by atoms with van der Waals surface area (Å²) in [5.74, 6) is 0.691. The molecule has 0 aliphatic carbocycles. The second kappa shape index (κ2) is 11.2. The monoisotopic (exact) mass is 600 g/mol. The molecule has 0 aliphatic heterocycles. The van der Waals surface area contributed by atoms with Gasteiger partial charge in [0.15, 0.2) is 5.82 Å². The van der Waals surface area contributed by atoms with Crippen LogP contribution in [0.4, 0.5) is 0 Å². The molecule has 0 fully saturated rings. The molecule has 0 N–H and O–H groups in total. The molecule has 0 unspecified atom stereocenters. The number of fused-ring (bicyclic) bond motifs is 4. The maximum Gasteiger partial charge on any atom is 0.160 e. The zero-order valence-corrected chi connectivity index (χ0v) is 25.5. The molecule has 220 valence electrons. The van der Waals surface area contributed by atoms with Crippen LogP contribution in [0.1, 0.15) is 0 Å². The van der Waals surface area contributed by atoms with Crippen molar-refractivity contribution in [3.63, 3.8) is 0 Å². The fourth-order valence-electron chi connectivity index (χ4n) is 6.73. The zero-order chi connectivity index (χ0) is 31.2. The maximum atomic E-state index is 5.11. The average Bonchev–Trinajstić information content (AvgIpc) is 3.49. The number of para-hydroxylation sites is 2. The van der Waals surface area contributed by atoms with Crippen LogP contribution in [0.15, 0.2) is 170 Å². The van der Waals surface area contributed by atoms with Gasteiger partial charge in [0, 0.05) is 45.5 Å².